The van der Waals surface area contributed by atoms with Crippen molar-refractivity contribution in [1.29, 1.82) is 0 Å². The second-order valence-corrected chi connectivity index (χ2v) is 25.2. The van der Waals surface area contributed by atoms with Gasteiger partial charge in [0.15, 0.2) is 0 Å². The fraction of sp³-hybridized carbons (Fsp3) is 0.380. The second kappa shape index (κ2) is 18.5. The Balaban J connectivity index is 1.13. The van der Waals surface area contributed by atoms with E-state index in [1.165, 1.54) is 28.6 Å². The van der Waals surface area contributed by atoms with Crippen molar-refractivity contribution in [3.63, 3.8) is 0 Å². The molecule has 3 aliphatic heterocycles. The van der Waals surface area contributed by atoms with Gasteiger partial charge in [-0.05, 0) is 94.3 Å². The van der Waals surface area contributed by atoms with E-state index in [9.17, 15) is 30.0 Å². The van der Waals surface area contributed by atoms with E-state index in [0.29, 0.717) is 80.3 Å². The summed E-state index contributed by atoms with van der Waals surface area (Å²) in [6, 6.07) is 29.9. The van der Waals surface area contributed by atoms with Crippen molar-refractivity contribution in [3.05, 3.63) is 125 Å². The Kier molecular flexibility index (Phi) is 13.4. The SMILES string of the molecule is CC(=O)N(C)S(=O)(=O)c1ccccc1C1c2ccc(-c3ccc4c(c3)CCN4S(=O)(=O)NCCC[N+](C)(C)C)cc2Oc2cc(-c3ccc4c(c3)CCN4S(=O)(=O)NCCC[N+](C)(C)C)ccc21. The number of nitrogens with one attached hydrogen (secondary N) is 2. The van der Waals surface area contributed by atoms with Crippen LogP contribution in [0.1, 0.15) is 53.5 Å². The van der Waals surface area contributed by atoms with Gasteiger partial charge in [-0.25, -0.2) is 12.7 Å². The molecular formula is C50H63N7O8S3+2. The number of benzene rings is 5. The van der Waals surface area contributed by atoms with Crippen molar-refractivity contribution < 1.29 is 43.8 Å². The number of anilines is 2. The summed E-state index contributed by atoms with van der Waals surface area (Å²) in [4.78, 5) is 12.5. The summed E-state index contributed by atoms with van der Waals surface area (Å²) in [7, 11) is 1.96. The van der Waals surface area contributed by atoms with Gasteiger partial charge in [-0.3, -0.25) is 13.4 Å². The van der Waals surface area contributed by atoms with E-state index >= 15 is 0 Å². The fourth-order valence-electron chi connectivity index (χ4n) is 9.24. The second-order valence-electron chi connectivity index (χ2n) is 19.9. The molecule has 5 aromatic rings. The lowest BCUT2D eigenvalue weighted by atomic mass is 9.81. The third kappa shape index (κ3) is 10.2. The molecular weight excluding hydrogens is 923 g/mol. The summed E-state index contributed by atoms with van der Waals surface area (Å²) in [6.07, 6.45) is 2.52. The third-order valence-electron chi connectivity index (χ3n) is 12.9. The molecule has 0 fully saturated rings. The minimum absolute atomic E-state index is 0.00312. The molecule has 15 nitrogen and oxygen atoms in total. The molecule has 0 unspecified atom stereocenters. The van der Waals surface area contributed by atoms with Gasteiger partial charge in [0.1, 0.15) is 11.5 Å². The average molecular weight is 986 g/mol. The van der Waals surface area contributed by atoms with Gasteiger partial charge in [0.05, 0.1) is 71.6 Å². The molecule has 0 aliphatic carbocycles. The first-order chi connectivity index (χ1) is 31.9. The van der Waals surface area contributed by atoms with E-state index in [1.807, 2.05) is 72.8 Å². The van der Waals surface area contributed by atoms with E-state index in [1.54, 1.807) is 18.2 Å². The molecule has 3 heterocycles. The Morgan fingerprint density at radius 2 is 1.04 bits per heavy atom. The maximum atomic E-state index is 14.1. The van der Waals surface area contributed by atoms with Gasteiger partial charge in [-0.2, -0.15) is 26.3 Å². The zero-order valence-corrected chi connectivity index (χ0v) is 42.6. The monoisotopic (exact) mass is 985 g/mol. The van der Waals surface area contributed by atoms with Crippen molar-refractivity contribution in [1.82, 2.24) is 13.7 Å². The minimum atomic E-state index is -4.25. The lowest BCUT2D eigenvalue weighted by Gasteiger charge is -2.31. The highest BCUT2D eigenvalue weighted by Crippen LogP contribution is 2.51. The lowest BCUT2D eigenvalue weighted by Crippen LogP contribution is -2.42. The molecule has 0 spiro atoms. The van der Waals surface area contributed by atoms with Gasteiger partial charge in [0, 0.05) is 70.0 Å². The molecule has 18 heteroatoms. The van der Waals surface area contributed by atoms with Gasteiger partial charge >= 0.3 is 20.4 Å². The van der Waals surface area contributed by atoms with Gasteiger partial charge < -0.3 is 13.7 Å². The molecule has 1 amide bonds. The smallest absolute Gasteiger partial charge is 0.301 e. The van der Waals surface area contributed by atoms with Crippen molar-refractivity contribution in [2.24, 2.45) is 0 Å². The molecule has 0 aromatic heterocycles. The highest BCUT2D eigenvalue weighted by Gasteiger charge is 2.36. The first-order valence-corrected chi connectivity index (χ1v) is 27.2. The molecule has 8 rings (SSSR count). The van der Waals surface area contributed by atoms with Gasteiger partial charge in [0.2, 0.25) is 5.91 Å². The molecule has 2 N–H and O–H groups in total. The Morgan fingerprint density at radius 3 is 1.49 bits per heavy atom. The van der Waals surface area contributed by atoms with Crippen LogP contribution in [0.3, 0.4) is 0 Å². The summed E-state index contributed by atoms with van der Waals surface area (Å²) in [6.45, 7) is 4.24. The van der Waals surface area contributed by atoms with Gasteiger partial charge in [0.25, 0.3) is 10.0 Å². The fourth-order valence-corrected chi connectivity index (χ4v) is 13.3. The zero-order chi connectivity index (χ0) is 49.0. The Morgan fingerprint density at radius 1 is 0.618 bits per heavy atom. The minimum Gasteiger partial charge on any atom is -0.457 e. The van der Waals surface area contributed by atoms with Crippen LogP contribution in [0, 0.1) is 0 Å². The summed E-state index contributed by atoms with van der Waals surface area (Å²) < 4.78 is 99.3. The van der Waals surface area contributed by atoms with Gasteiger partial charge in [-0.15, -0.1) is 0 Å². The van der Waals surface area contributed by atoms with Crippen LogP contribution in [0.5, 0.6) is 11.5 Å². The highest BCUT2D eigenvalue weighted by atomic mass is 32.2. The first-order valence-electron chi connectivity index (χ1n) is 22.9. The Labute approximate surface area is 402 Å². The number of rotatable bonds is 17. The molecule has 0 saturated heterocycles. The number of hydrogen-bond donors (Lipinski definition) is 2. The van der Waals surface area contributed by atoms with E-state index in [4.69, 9.17) is 4.74 Å². The molecule has 5 aromatic carbocycles. The number of carbonyl (C=O) groups excluding carboxylic acids is 1. The van der Waals surface area contributed by atoms with Crippen LogP contribution in [0.2, 0.25) is 0 Å². The number of quaternary nitrogens is 2. The van der Waals surface area contributed by atoms with Crippen LogP contribution >= 0.6 is 0 Å². The largest absolute Gasteiger partial charge is 0.457 e. The number of fused-ring (bicyclic) bond motifs is 4. The topological polar surface area (TPSA) is 162 Å². The van der Waals surface area contributed by atoms with E-state index in [-0.39, 0.29) is 4.90 Å². The molecule has 0 bridgehead atoms. The average Bonchev–Trinajstić information content (AvgIpc) is 3.92. The maximum Gasteiger partial charge on any atom is 0.301 e. The van der Waals surface area contributed by atoms with Crippen LogP contribution in [-0.4, -0.2) is 133 Å². The van der Waals surface area contributed by atoms with Crippen LogP contribution in [0.15, 0.2) is 102 Å². The predicted molar refractivity (Wildman–Crippen MR) is 268 cm³/mol. The third-order valence-corrected chi connectivity index (χ3v) is 17.8. The molecule has 3 aliphatic rings. The first kappa shape index (κ1) is 49.1. The standard InChI is InChI=1S/C50H63N7O8S3/c1-35(58)53(2)66(59,60)49-14-10-9-13-44(49)50-42-19-15-38(36-17-21-45-40(31-36)23-27-54(45)67(61,62)51-25-11-29-56(3,4)5)33-47(42)65-48-34-39(16-20-43(48)50)37-18-22-46-41(32-37)24-28-55(46)68(63,64)52-26-12-30-57(6,7)8/h9-10,13-22,31-34,50-52H,11-12,23-30H2,1-8H3/q+2. The normalized spacial score (nSPS) is 15.1. The van der Waals surface area contributed by atoms with Crippen LogP contribution in [0.25, 0.3) is 22.3 Å². The van der Waals surface area contributed by atoms with Crippen molar-refractivity contribution >= 4 is 47.7 Å². The summed E-state index contributed by atoms with van der Waals surface area (Å²) in [5.74, 6) is -0.220. The number of hydrogen-bond acceptors (Lipinski definition) is 8. The van der Waals surface area contributed by atoms with E-state index in [0.717, 1.165) is 70.9 Å². The molecule has 68 heavy (non-hydrogen) atoms. The molecule has 0 saturated carbocycles. The van der Waals surface area contributed by atoms with Gasteiger partial charge in [-0.1, -0.05) is 54.6 Å². The van der Waals surface area contributed by atoms with Crippen molar-refractivity contribution in [3.8, 4) is 33.8 Å². The number of sulfonamides is 1. The quantitative estimate of drug-likeness (QED) is 0.0824. The van der Waals surface area contributed by atoms with Crippen molar-refractivity contribution in [2.75, 3.05) is 97.2 Å². The molecule has 362 valence electrons. The van der Waals surface area contributed by atoms with E-state index < -0.39 is 42.3 Å². The van der Waals surface area contributed by atoms with Crippen LogP contribution in [-0.2, 0) is 48.1 Å². The molecule has 0 radical (unpaired) electrons. The number of amides is 1. The lowest BCUT2D eigenvalue weighted by molar-refractivity contribution is -0.870. The van der Waals surface area contributed by atoms with Crippen LogP contribution < -0.4 is 22.8 Å². The van der Waals surface area contributed by atoms with Crippen molar-refractivity contribution in [2.45, 2.75) is 43.4 Å². The highest BCUT2D eigenvalue weighted by molar-refractivity contribution is 7.91. The number of nitrogens with zero attached hydrogens (tertiary/aromatic N) is 5. The molecule has 0 atom stereocenters. The predicted octanol–water partition coefficient (Wildman–Crippen LogP) is 6.06. The summed E-state index contributed by atoms with van der Waals surface area (Å²) >= 11 is 0. The summed E-state index contributed by atoms with van der Waals surface area (Å²) in [5.41, 5.74) is 8.38. The Hall–Kier alpha value is -5.34. The zero-order valence-electron chi connectivity index (χ0n) is 40.1. The Bertz CT molecular complexity index is 2950. The van der Waals surface area contributed by atoms with Crippen LogP contribution in [0.4, 0.5) is 11.4 Å². The van der Waals surface area contributed by atoms with E-state index in [2.05, 4.69) is 51.7 Å². The summed E-state index contributed by atoms with van der Waals surface area (Å²) in [5, 5.41) is 0. The number of ether oxygens (including phenoxy) is 1. The number of carbonyl (C=O) groups is 1. The maximum absolute atomic E-state index is 14.1.